The van der Waals surface area contributed by atoms with Crippen LogP contribution in [0.25, 0.3) is 11.5 Å². The Morgan fingerprint density at radius 1 is 1.15 bits per heavy atom. The third-order valence-electron chi connectivity index (χ3n) is 4.94. The van der Waals surface area contributed by atoms with Gasteiger partial charge in [0.2, 0.25) is 11.7 Å². The summed E-state index contributed by atoms with van der Waals surface area (Å²) in [4.78, 5) is 12.5. The first-order valence-electron chi connectivity index (χ1n) is 8.85. The molecule has 0 unspecified atom stereocenters. The summed E-state index contributed by atoms with van der Waals surface area (Å²) in [6.07, 6.45) is 9.09. The van der Waals surface area contributed by atoms with Gasteiger partial charge in [-0.1, -0.05) is 52.5 Å². The standard InChI is InChI=1S/C19H20BrN5O/c20-15-6-4-5-14(11-15)19(8-2-1-3-9-19)23-12-17-24-18(25-26-17)16-7-10-21-13-22-16/h4-7,10-11,13,23H,1-3,8-9,12H2. The third kappa shape index (κ3) is 3.68. The fourth-order valence-electron chi connectivity index (χ4n) is 3.61. The van der Waals surface area contributed by atoms with E-state index in [0.717, 1.165) is 17.3 Å². The van der Waals surface area contributed by atoms with Crippen LogP contribution >= 0.6 is 15.9 Å². The van der Waals surface area contributed by atoms with Crippen LogP contribution in [0, 0.1) is 0 Å². The van der Waals surface area contributed by atoms with Gasteiger partial charge in [-0.3, -0.25) is 5.32 Å². The van der Waals surface area contributed by atoms with Gasteiger partial charge in [0.15, 0.2) is 0 Å². The van der Waals surface area contributed by atoms with Crippen molar-refractivity contribution >= 4 is 15.9 Å². The Morgan fingerprint density at radius 2 is 2.04 bits per heavy atom. The molecular weight excluding hydrogens is 394 g/mol. The van der Waals surface area contributed by atoms with E-state index in [4.69, 9.17) is 4.52 Å². The molecule has 2 heterocycles. The number of nitrogens with one attached hydrogen (secondary N) is 1. The average molecular weight is 414 g/mol. The van der Waals surface area contributed by atoms with Crippen molar-refractivity contribution in [2.75, 3.05) is 0 Å². The van der Waals surface area contributed by atoms with Crippen LogP contribution in [0.4, 0.5) is 0 Å². The van der Waals surface area contributed by atoms with Crippen LogP contribution in [0.1, 0.15) is 43.6 Å². The largest absolute Gasteiger partial charge is 0.337 e. The third-order valence-corrected chi connectivity index (χ3v) is 5.43. The van der Waals surface area contributed by atoms with E-state index in [9.17, 15) is 0 Å². The van der Waals surface area contributed by atoms with Crippen LogP contribution in [-0.4, -0.2) is 20.1 Å². The number of hydrogen-bond acceptors (Lipinski definition) is 6. The predicted octanol–water partition coefficient (Wildman–Crippen LogP) is 4.24. The van der Waals surface area contributed by atoms with E-state index in [1.807, 2.05) is 0 Å². The van der Waals surface area contributed by atoms with E-state index in [1.165, 1.54) is 31.2 Å². The Kier molecular flexibility index (Phi) is 5.08. The normalized spacial score (nSPS) is 16.5. The van der Waals surface area contributed by atoms with E-state index in [1.54, 1.807) is 12.3 Å². The molecule has 1 aliphatic carbocycles. The summed E-state index contributed by atoms with van der Waals surface area (Å²) >= 11 is 3.60. The summed E-state index contributed by atoms with van der Waals surface area (Å²) in [5, 5.41) is 7.75. The van der Waals surface area contributed by atoms with Crippen LogP contribution in [-0.2, 0) is 12.1 Å². The van der Waals surface area contributed by atoms with Gasteiger partial charge in [0.1, 0.15) is 12.0 Å². The molecule has 26 heavy (non-hydrogen) atoms. The van der Waals surface area contributed by atoms with Gasteiger partial charge in [-0.05, 0) is 36.6 Å². The summed E-state index contributed by atoms with van der Waals surface area (Å²) in [5.74, 6) is 1.06. The second-order valence-electron chi connectivity index (χ2n) is 6.61. The first kappa shape index (κ1) is 17.3. The number of hydrogen-bond donors (Lipinski definition) is 1. The number of halogens is 1. The van der Waals surface area contributed by atoms with Crippen LogP contribution < -0.4 is 5.32 Å². The van der Waals surface area contributed by atoms with Crippen molar-refractivity contribution < 1.29 is 4.52 Å². The van der Waals surface area contributed by atoms with Gasteiger partial charge in [-0.2, -0.15) is 4.98 Å². The van der Waals surface area contributed by atoms with Crippen LogP contribution in [0.3, 0.4) is 0 Å². The lowest BCUT2D eigenvalue weighted by Crippen LogP contribution is -2.43. The zero-order valence-corrected chi connectivity index (χ0v) is 15.9. The maximum absolute atomic E-state index is 5.42. The minimum absolute atomic E-state index is 0.0500. The van der Waals surface area contributed by atoms with Crippen molar-refractivity contribution in [3.63, 3.8) is 0 Å². The highest BCUT2D eigenvalue weighted by Crippen LogP contribution is 2.38. The Balaban J connectivity index is 1.53. The van der Waals surface area contributed by atoms with Gasteiger partial charge >= 0.3 is 0 Å². The molecule has 0 saturated heterocycles. The quantitative estimate of drug-likeness (QED) is 0.673. The van der Waals surface area contributed by atoms with Gasteiger partial charge < -0.3 is 4.52 Å². The molecule has 1 saturated carbocycles. The van der Waals surface area contributed by atoms with Crippen LogP contribution in [0.2, 0.25) is 0 Å². The van der Waals surface area contributed by atoms with E-state index in [-0.39, 0.29) is 5.54 Å². The number of rotatable bonds is 5. The smallest absolute Gasteiger partial charge is 0.240 e. The highest BCUT2D eigenvalue weighted by molar-refractivity contribution is 9.10. The summed E-state index contributed by atoms with van der Waals surface area (Å²) < 4.78 is 6.52. The van der Waals surface area contributed by atoms with Gasteiger partial charge in [-0.15, -0.1) is 0 Å². The lowest BCUT2D eigenvalue weighted by Gasteiger charge is -2.38. The number of nitrogens with zero attached hydrogens (tertiary/aromatic N) is 4. The molecule has 1 aromatic carbocycles. The van der Waals surface area contributed by atoms with Crippen molar-refractivity contribution in [3.8, 4) is 11.5 Å². The second-order valence-corrected chi connectivity index (χ2v) is 7.53. The SMILES string of the molecule is Brc1cccc(C2(NCc3nc(-c4ccncn4)no3)CCCCC2)c1. The van der Waals surface area contributed by atoms with E-state index in [2.05, 4.69) is 65.6 Å². The molecule has 134 valence electrons. The zero-order chi connectivity index (χ0) is 17.8. The molecule has 4 rings (SSSR count). The summed E-state index contributed by atoms with van der Waals surface area (Å²) in [5.41, 5.74) is 1.92. The van der Waals surface area contributed by atoms with Crippen LogP contribution in [0.5, 0.6) is 0 Å². The molecule has 1 fully saturated rings. The number of aromatic nitrogens is 4. The molecule has 7 heteroatoms. The Bertz CT molecular complexity index is 861. The lowest BCUT2D eigenvalue weighted by molar-refractivity contribution is 0.219. The Labute approximate surface area is 160 Å². The lowest BCUT2D eigenvalue weighted by atomic mass is 9.76. The molecular formula is C19H20BrN5O. The molecule has 0 bridgehead atoms. The molecule has 2 aromatic heterocycles. The zero-order valence-electron chi connectivity index (χ0n) is 14.4. The van der Waals surface area contributed by atoms with Crippen molar-refractivity contribution in [1.29, 1.82) is 0 Å². The first-order chi connectivity index (χ1) is 12.8. The minimum Gasteiger partial charge on any atom is -0.337 e. The summed E-state index contributed by atoms with van der Waals surface area (Å²) in [6, 6.07) is 10.3. The average Bonchev–Trinajstić information content (AvgIpc) is 3.17. The fourth-order valence-corrected chi connectivity index (χ4v) is 4.01. The monoisotopic (exact) mass is 413 g/mol. The van der Waals surface area contributed by atoms with Gasteiger partial charge in [0.25, 0.3) is 0 Å². The van der Waals surface area contributed by atoms with Crippen molar-refractivity contribution in [2.24, 2.45) is 0 Å². The molecule has 0 atom stereocenters. The van der Waals surface area contributed by atoms with Gasteiger partial charge in [0, 0.05) is 16.2 Å². The maximum atomic E-state index is 5.42. The van der Waals surface area contributed by atoms with Gasteiger partial charge in [-0.25, -0.2) is 9.97 Å². The second kappa shape index (κ2) is 7.63. The predicted molar refractivity (Wildman–Crippen MR) is 101 cm³/mol. The highest BCUT2D eigenvalue weighted by atomic mass is 79.9. The maximum Gasteiger partial charge on any atom is 0.240 e. The molecule has 0 aliphatic heterocycles. The van der Waals surface area contributed by atoms with Crippen molar-refractivity contribution in [2.45, 2.75) is 44.2 Å². The van der Waals surface area contributed by atoms with Crippen molar-refractivity contribution in [1.82, 2.24) is 25.4 Å². The molecule has 1 N–H and O–H groups in total. The Morgan fingerprint density at radius 3 is 2.81 bits per heavy atom. The van der Waals surface area contributed by atoms with Crippen LogP contribution in [0.15, 0.2) is 51.9 Å². The highest BCUT2D eigenvalue weighted by Gasteiger charge is 2.34. The van der Waals surface area contributed by atoms with E-state index >= 15 is 0 Å². The molecule has 0 amide bonds. The molecule has 0 spiro atoms. The molecule has 6 nitrogen and oxygen atoms in total. The van der Waals surface area contributed by atoms with E-state index < -0.39 is 0 Å². The minimum atomic E-state index is -0.0500. The van der Waals surface area contributed by atoms with Crippen molar-refractivity contribution in [3.05, 3.63) is 58.8 Å². The fraction of sp³-hybridized carbons (Fsp3) is 0.368. The topological polar surface area (TPSA) is 76.7 Å². The molecule has 0 radical (unpaired) electrons. The Hall–Kier alpha value is -2.12. The summed E-state index contributed by atoms with van der Waals surface area (Å²) in [6.45, 7) is 0.532. The molecule has 1 aliphatic rings. The molecule has 3 aromatic rings. The van der Waals surface area contributed by atoms with E-state index in [0.29, 0.717) is 24.0 Å². The van der Waals surface area contributed by atoms with Gasteiger partial charge in [0.05, 0.1) is 6.54 Å². The first-order valence-corrected chi connectivity index (χ1v) is 9.65. The summed E-state index contributed by atoms with van der Waals surface area (Å²) in [7, 11) is 0. The number of benzene rings is 1.